The molecule has 8 heteroatoms. The highest BCUT2D eigenvalue weighted by Crippen LogP contribution is 2.46. The van der Waals surface area contributed by atoms with Crippen LogP contribution in [-0.2, 0) is 19.1 Å². The van der Waals surface area contributed by atoms with Gasteiger partial charge in [0.05, 0.1) is 40.3 Å². The number of thiazole rings is 1. The minimum absolute atomic E-state index is 0.0824. The number of esters is 1. The summed E-state index contributed by atoms with van der Waals surface area (Å²) in [5, 5.41) is 24.6. The molecule has 3 heterocycles. The van der Waals surface area contributed by atoms with Crippen molar-refractivity contribution in [2.24, 2.45) is 17.3 Å². The number of carbonyl (C=O) groups excluding carboxylic acids is 2. The number of cyclic esters (lactones) is 1. The highest BCUT2D eigenvalue weighted by Gasteiger charge is 2.57. The van der Waals surface area contributed by atoms with Crippen molar-refractivity contribution in [2.45, 2.75) is 104 Å². The number of rotatable bonds is 2. The summed E-state index contributed by atoms with van der Waals surface area (Å²) in [6.45, 7) is 12.7. The van der Waals surface area contributed by atoms with Crippen molar-refractivity contribution in [3.05, 3.63) is 21.7 Å². The van der Waals surface area contributed by atoms with Gasteiger partial charge in [-0.05, 0) is 51.2 Å². The maximum absolute atomic E-state index is 13.2. The molecule has 0 saturated carbocycles. The summed E-state index contributed by atoms with van der Waals surface area (Å²) in [5.74, 6) is -1.58. The molecule has 7 unspecified atom stereocenters. The quantitative estimate of drug-likeness (QED) is 0.472. The minimum atomic E-state index is -1.24. The third kappa shape index (κ3) is 5.78. The van der Waals surface area contributed by atoms with Crippen LogP contribution in [0.25, 0.3) is 6.08 Å². The van der Waals surface area contributed by atoms with Crippen LogP contribution in [0.4, 0.5) is 0 Å². The van der Waals surface area contributed by atoms with Gasteiger partial charge >= 0.3 is 5.97 Å². The van der Waals surface area contributed by atoms with Gasteiger partial charge in [0.2, 0.25) is 0 Å². The second-order valence-corrected chi connectivity index (χ2v) is 12.0. The lowest BCUT2D eigenvalue weighted by molar-refractivity contribution is -0.154. The van der Waals surface area contributed by atoms with Crippen LogP contribution in [0.1, 0.15) is 77.9 Å². The van der Waals surface area contributed by atoms with Crippen molar-refractivity contribution in [3.8, 4) is 0 Å². The molecule has 190 valence electrons. The van der Waals surface area contributed by atoms with E-state index in [4.69, 9.17) is 9.47 Å². The maximum Gasteiger partial charge on any atom is 0.309 e. The number of epoxide rings is 1. The van der Waals surface area contributed by atoms with Crippen LogP contribution in [-0.4, -0.2) is 57.0 Å². The zero-order valence-electron chi connectivity index (χ0n) is 21.3. The van der Waals surface area contributed by atoms with E-state index in [9.17, 15) is 19.8 Å². The molecule has 2 fully saturated rings. The van der Waals surface area contributed by atoms with Gasteiger partial charge in [-0.2, -0.15) is 0 Å². The number of nitrogens with zero attached hydrogens (tertiary/aromatic N) is 1. The van der Waals surface area contributed by atoms with Crippen LogP contribution in [0.2, 0.25) is 0 Å². The molecule has 0 aromatic carbocycles. The number of hydrogen-bond acceptors (Lipinski definition) is 8. The fourth-order valence-corrected chi connectivity index (χ4v) is 5.51. The number of fused-ring (bicyclic) bond motifs is 1. The molecule has 7 nitrogen and oxygen atoms in total. The van der Waals surface area contributed by atoms with Crippen LogP contribution in [0, 0.1) is 24.2 Å². The number of aromatic nitrogens is 1. The monoisotopic (exact) mass is 493 g/mol. The first kappa shape index (κ1) is 27.0. The van der Waals surface area contributed by atoms with Gasteiger partial charge in [-0.15, -0.1) is 11.3 Å². The van der Waals surface area contributed by atoms with Crippen LogP contribution in [0.3, 0.4) is 0 Å². The molecule has 0 amide bonds. The standard InChI is InChI=1S/C26H39NO6S/c1-14-9-8-10-26(7)24(33-26)22(15(2)11-18-13-34-17(4)27-18)32-20(29)12-19(28)25(5,6)23(31)16(3)21(14)30/h11,13-14,16,19,21-22,24,28,30H,8-10,12H2,1-7H3/b15-11+. The van der Waals surface area contributed by atoms with E-state index in [-0.39, 0.29) is 24.2 Å². The van der Waals surface area contributed by atoms with Crippen LogP contribution < -0.4 is 0 Å². The van der Waals surface area contributed by atoms with Gasteiger partial charge in [-0.3, -0.25) is 9.59 Å². The molecule has 2 aliphatic heterocycles. The third-order valence-corrected chi connectivity index (χ3v) is 8.40. The lowest BCUT2D eigenvalue weighted by Crippen LogP contribution is -2.45. The molecule has 0 spiro atoms. The Morgan fingerprint density at radius 2 is 1.91 bits per heavy atom. The second kappa shape index (κ2) is 10.2. The SMILES string of the molecule is C/C(=C\c1csc(C)n1)C1OC(=O)CC(O)C(C)(C)C(=O)C(C)C(O)C(C)CCCC2(C)OC12. The second-order valence-electron chi connectivity index (χ2n) is 10.9. The zero-order chi connectivity index (χ0) is 25.4. The Kier molecular flexibility index (Phi) is 8.07. The Hall–Kier alpha value is -1.61. The maximum atomic E-state index is 13.2. The van der Waals surface area contributed by atoms with E-state index in [0.717, 1.165) is 35.5 Å². The molecule has 0 radical (unpaired) electrons. The Morgan fingerprint density at radius 3 is 2.53 bits per heavy atom. The first-order valence-electron chi connectivity index (χ1n) is 12.1. The molecule has 2 aliphatic rings. The van der Waals surface area contributed by atoms with E-state index in [1.807, 2.05) is 39.2 Å². The number of aliphatic hydroxyl groups is 2. The van der Waals surface area contributed by atoms with Crippen molar-refractivity contribution < 1.29 is 29.3 Å². The van der Waals surface area contributed by atoms with Crippen molar-refractivity contribution in [2.75, 3.05) is 0 Å². The molecular weight excluding hydrogens is 454 g/mol. The van der Waals surface area contributed by atoms with E-state index in [1.54, 1.807) is 32.1 Å². The summed E-state index contributed by atoms with van der Waals surface area (Å²) in [5.41, 5.74) is -0.0262. The predicted octanol–water partition coefficient (Wildman–Crippen LogP) is 4.09. The number of aryl methyl sites for hydroxylation is 1. The lowest BCUT2D eigenvalue weighted by atomic mass is 9.73. The molecule has 34 heavy (non-hydrogen) atoms. The number of carbonyl (C=O) groups is 2. The number of hydrogen-bond donors (Lipinski definition) is 2. The predicted molar refractivity (Wildman–Crippen MR) is 131 cm³/mol. The van der Waals surface area contributed by atoms with Gasteiger partial charge in [0.1, 0.15) is 11.9 Å². The van der Waals surface area contributed by atoms with Crippen LogP contribution >= 0.6 is 11.3 Å². The van der Waals surface area contributed by atoms with Gasteiger partial charge in [0.25, 0.3) is 0 Å². The Balaban J connectivity index is 1.89. The van der Waals surface area contributed by atoms with Crippen LogP contribution in [0.15, 0.2) is 11.0 Å². The molecule has 3 rings (SSSR count). The summed E-state index contributed by atoms with van der Waals surface area (Å²) >= 11 is 1.55. The molecule has 7 atom stereocenters. The van der Waals surface area contributed by atoms with Crippen LogP contribution in [0.5, 0.6) is 0 Å². The first-order chi connectivity index (χ1) is 15.8. The van der Waals surface area contributed by atoms with E-state index in [2.05, 4.69) is 4.98 Å². The topological polar surface area (TPSA) is 109 Å². The van der Waals surface area contributed by atoms with Crippen molar-refractivity contribution in [3.63, 3.8) is 0 Å². The Labute approximate surface area is 206 Å². The molecular formula is C26H39NO6S. The molecule has 1 aromatic rings. The highest BCUT2D eigenvalue weighted by molar-refractivity contribution is 7.09. The van der Waals surface area contributed by atoms with Crippen molar-refractivity contribution >= 4 is 29.2 Å². The number of aliphatic hydroxyl groups excluding tert-OH is 2. The first-order valence-corrected chi connectivity index (χ1v) is 13.0. The highest BCUT2D eigenvalue weighted by atomic mass is 32.1. The molecule has 0 bridgehead atoms. The van der Waals surface area contributed by atoms with E-state index in [1.165, 1.54) is 0 Å². The summed E-state index contributed by atoms with van der Waals surface area (Å²) in [6.07, 6.45) is 0.919. The lowest BCUT2D eigenvalue weighted by Gasteiger charge is -2.34. The average molecular weight is 494 g/mol. The molecule has 2 saturated heterocycles. The Bertz CT molecular complexity index is 939. The summed E-state index contributed by atoms with van der Waals surface area (Å²) in [7, 11) is 0. The fourth-order valence-electron chi connectivity index (χ4n) is 4.94. The van der Waals surface area contributed by atoms with Gasteiger partial charge < -0.3 is 19.7 Å². The van der Waals surface area contributed by atoms with Crippen molar-refractivity contribution in [1.29, 1.82) is 0 Å². The number of ether oxygens (including phenoxy) is 2. The van der Waals surface area contributed by atoms with E-state index >= 15 is 0 Å². The normalized spacial score (nSPS) is 37.9. The zero-order valence-corrected chi connectivity index (χ0v) is 22.1. The van der Waals surface area contributed by atoms with Gasteiger partial charge in [-0.1, -0.05) is 34.1 Å². The summed E-state index contributed by atoms with van der Waals surface area (Å²) in [6, 6.07) is 0. The van der Waals surface area contributed by atoms with E-state index in [0.29, 0.717) is 0 Å². The Morgan fingerprint density at radius 1 is 1.24 bits per heavy atom. The summed E-state index contributed by atoms with van der Waals surface area (Å²) in [4.78, 5) is 30.6. The van der Waals surface area contributed by atoms with Gasteiger partial charge in [-0.25, -0.2) is 4.98 Å². The number of ketones is 1. The smallest absolute Gasteiger partial charge is 0.309 e. The largest absolute Gasteiger partial charge is 0.455 e. The average Bonchev–Trinajstić information content (AvgIpc) is 3.25. The third-order valence-electron chi connectivity index (χ3n) is 7.60. The number of Topliss-reactive ketones (excluding diaryl/α,β-unsaturated/α-hetero) is 1. The summed E-state index contributed by atoms with van der Waals surface area (Å²) < 4.78 is 12.0. The molecule has 0 aliphatic carbocycles. The minimum Gasteiger partial charge on any atom is -0.455 e. The van der Waals surface area contributed by atoms with Crippen molar-refractivity contribution in [1.82, 2.24) is 4.98 Å². The van der Waals surface area contributed by atoms with Gasteiger partial charge in [0.15, 0.2) is 6.10 Å². The molecule has 1 aromatic heterocycles. The van der Waals surface area contributed by atoms with E-state index < -0.39 is 41.2 Å². The molecule has 2 N–H and O–H groups in total. The fraction of sp³-hybridized carbons (Fsp3) is 0.731. The van der Waals surface area contributed by atoms with Gasteiger partial charge in [0, 0.05) is 11.3 Å².